The second-order valence-electron chi connectivity index (χ2n) is 5.19. The first-order chi connectivity index (χ1) is 9.99. The lowest BCUT2D eigenvalue weighted by atomic mass is 10.2. The molecule has 0 aromatic heterocycles. The molecule has 2 rings (SSSR count). The molecule has 1 aromatic carbocycles. The molecule has 0 saturated carbocycles. The molecule has 1 atom stereocenters. The van der Waals surface area contributed by atoms with Gasteiger partial charge in [-0.2, -0.15) is 0 Å². The van der Waals surface area contributed by atoms with Crippen molar-refractivity contribution in [2.45, 2.75) is 25.8 Å². The van der Waals surface area contributed by atoms with Gasteiger partial charge < -0.3 is 5.32 Å². The predicted octanol–water partition coefficient (Wildman–Crippen LogP) is 2.40. The maximum Gasteiger partial charge on any atom is 0.299 e. The summed E-state index contributed by atoms with van der Waals surface area (Å²) in [6.07, 6.45) is 2.37. The van der Waals surface area contributed by atoms with Gasteiger partial charge in [0.1, 0.15) is 5.69 Å². The van der Waals surface area contributed by atoms with Gasteiger partial charge in [0.25, 0.3) is 11.4 Å². The second-order valence-corrected chi connectivity index (χ2v) is 5.19. The first-order valence-electron chi connectivity index (χ1n) is 6.90. The highest BCUT2D eigenvalue weighted by molar-refractivity contribution is 5.65. The molecule has 21 heavy (non-hydrogen) atoms. The van der Waals surface area contributed by atoms with Gasteiger partial charge in [-0.25, -0.2) is 0 Å². The molecule has 1 N–H and O–H groups in total. The summed E-state index contributed by atoms with van der Waals surface area (Å²) in [4.78, 5) is 22.8. The van der Waals surface area contributed by atoms with Gasteiger partial charge in [-0.15, -0.1) is 0 Å². The number of nitro groups is 2. The van der Waals surface area contributed by atoms with Crippen LogP contribution in [-0.2, 0) is 0 Å². The van der Waals surface area contributed by atoms with Crippen LogP contribution in [0, 0.1) is 20.2 Å². The number of rotatable bonds is 6. The van der Waals surface area contributed by atoms with Crippen LogP contribution >= 0.6 is 0 Å². The normalized spacial score (nSPS) is 16.6. The second kappa shape index (κ2) is 6.49. The molecule has 0 aliphatic carbocycles. The Kier molecular flexibility index (Phi) is 4.69. The molecule has 1 heterocycles. The van der Waals surface area contributed by atoms with Crippen LogP contribution in [0.25, 0.3) is 0 Å². The predicted molar refractivity (Wildman–Crippen MR) is 78.5 cm³/mol. The summed E-state index contributed by atoms with van der Waals surface area (Å²) in [6.45, 7) is 4.73. The van der Waals surface area contributed by atoms with Crippen molar-refractivity contribution in [2.75, 3.05) is 25.0 Å². The highest BCUT2D eigenvalue weighted by atomic mass is 16.6. The van der Waals surface area contributed by atoms with Gasteiger partial charge in [0.15, 0.2) is 0 Å². The van der Waals surface area contributed by atoms with Crippen molar-refractivity contribution >= 4 is 17.1 Å². The Balaban J connectivity index is 2.08. The van der Waals surface area contributed by atoms with E-state index in [0.717, 1.165) is 19.2 Å². The van der Waals surface area contributed by atoms with Gasteiger partial charge in [0.2, 0.25) is 0 Å². The monoisotopic (exact) mass is 294 g/mol. The lowest BCUT2D eigenvalue weighted by Crippen LogP contribution is -2.35. The molecule has 1 unspecified atom stereocenters. The summed E-state index contributed by atoms with van der Waals surface area (Å²) in [5, 5.41) is 24.7. The first kappa shape index (κ1) is 15.2. The van der Waals surface area contributed by atoms with Crippen LogP contribution in [0.1, 0.15) is 19.8 Å². The average molecular weight is 294 g/mol. The van der Waals surface area contributed by atoms with E-state index in [1.807, 2.05) is 0 Å². The fourth-order valence-corrected chi connectivity index (χ4v) is 2.50. The van der Waals surface area contributed by atoms with Gasteiger partial charge in [0, 0.05) is 18.7 Å². The number of anilines is 1. The number of likely N-dealkylation sites (tertiary alicyclic amines) is 1. The standard InChI is InChI=1S/C13H18N4O4/c1-10(15-6-2-3-7-15)9-14-12-5-4-11(16(18)19)8-13(12)17(20)21/h4-5,8,10,14H,2-3,6-7,9H2,1H3. The maximum atomic E-state index is 11.0. The van der Waals surface area contributed by atoms with Gasteiger partial charge in [0.05, 0.1) is 15.9 Å². The van der Waals surface area contributed by atoms with Crippen molar-refractivity contribution in [3.05, 3.63) is 38.4 Å². The Morgan fingerprint density at radius 3 is 2.48 bits per heavy atom. The number of nitrogens with one attached hydrogen (secondary N) is 1. The van der Waals surface area contributed by atoms with Crippen LogP contribution < -0.4 is 5.32 Å². The molecular formula is C13H18N4O4. The molecule has 8 nitrogen and oxygen atoms in total. The summed E-state index contributed by atoms with van der Waals surface area (Å²) < 4.78 is 0. The Morgan fingerprint density at radius 1 is 1.24 bits per heavy atom. The summed E-state index contributed by atoms with van der Waals surface area (Å²) in [5.74, 6) is 0. The van der Waals surface area contributed by atoms with Gasteiger partial charge in [-0.1, -0.05) is 0 Å². The zero-order valence-electron chi connectivity index (χ0n) is 11.8. The van der Waals surface area contributed by atoms with Crippen LogP contribution in [0.5, 0.6) is 0 Å². The van der Waals surface area contributed by atoms with E-state index in [2.05, 4.69) is 17.1 Å². The molecule has 1 aromatic rings. The zero-order chi connectivity index (χ0) is 15.4. The third-order valence-electron chi connectivity index (χ3n) is 3.74. The minimum atomic E-state index is -0.635. The van der Waals surface area contributed by atoms with E-state index in [-0.39, 0.29) is 17.4 Å². The van der Waals surface area contributed by atoms with E-state index in [0.29, 0.717) is 12.2 Å². The van der Waals surface area contributed by atoms with Crippen LogP contribution in [0.2, 0.25) is 0 Å². The molecule has 1 aliphatic rings. The topological polar surface area (TPSA) is 102 Å². The molecule has 114 valence electrons. The molecule has 0 bridgehead atoms. The first-order valence-corrected chi connectivity index (χ1v) is 6.90. The minimum absolute atomic E-state index is 0.266. The summed E-state index contributed by atoms with van der Waals surface area (Å²) in [7, 11) is 0. The van der Waals surface area contributed by atoms with Crippen LogP contribution in [0.4, 0.5) is 17.1 Å². The molecule has 8 heteroatoms. The largest absolute Gasteiger partial charge is 0.378 e. The molecular weight excluding hydrogens is 276 g/mol. The average Bonchev–Trinajstić information content (AvgIpc) is 2.98. The number of nitro benzene ring substituents is 2. The smallest absolute Gasteiger partial charge is 0.299 e. The van der Waals surface area contributed by atoms with Crippen molar-refractivity contribution in [1.29, 1.82) is 0 Å². The number of hydrogen-bond donors (Lipinski definition) is 1. The quantitative estimate of drug-likeness (QED) is 0.638. The van der Waals surface area contributed by atoms with E-state index in [1.165, 1.54) is 25.0 Å². The molecule has 0 spiro atoms. The fourth-order valence-electron chi connectivity index (χ4n) is 2.50. The highest BCUT2D eigenvalue weighted by Gasteiger charge is 2.21. The number of hydrogen-bond acceptors (Lipinski definition) is 6. The molecule has 1 saturated heterocycles. The Hall–Kier alpha value is -2.22. The number of benzene rings is 1. The molecule has 1 fully saturated rings. The highest BCUT2D eigenvalue weighted by Crippen LogP contribution is 2.29. The van der Waals surface area contributed by atoms with E-state index in [1.54, 1.807) is 0 Å². The Bertz CT molecular complexity index is 543. The van der Waals surface area contributed by atoms with E-state index >= 15 is 0 Å². The van der Waals surface area contributed by atoms with Crippen LogP contribution in [0.3, 0.4) is 0 Å². The third-order valence-corrected chi connectivity index (χ3v) is 3.74. The van der Waals surface area contributed by atoms with E-state index < -0.39 is 9.85 Å². The minimum Gasteiger partial charge on any atom is -0.378 e. The van der Waals surface area contributed by atoms with E-state index in [4.69, 9.17) is 0 Å². The summed E-state index contributed by atoms with van der Waals surface area (Å²) in [6, 6.07) is 3.92. The van der Waals surface area contributed by atoms with Crippen LogP contribution in [0.15, 0.2) is 18.2 Å². The number of non-ortho nitro benzene ring substituents is 1. The molecule has 0 radical (unpaired) electrons. The molecule has 1 aliphatic heterocycles. The Labute approximate surface area is 122 Å². The zero-order valence-corrected chi connectivity index (χ0v) is 11.8. The van der Waals surface area contributed by atoms with Crippen molar-refractivity contribution < 1.29 is 9.85 Å². The van der Waals surface area contributed by atoms with Crippen LogP contribution in [-0.4, -0.2) is 40.4 Å². The lowest BCUT2D eigenvalue weighted by Gasteiger charge is -2.24. The maximum absolute atomic E-state index is 11.0. The van der Waals surface area contributed by atoms with Crippen molar-refractivity contribution in [3.63, 3.8) is 0 Å². The molecule has 0 amide bonds. The van der Waals surface area contributed by atoms with Crippen molar-refractivity contribution in [2.24, 2.45) is 0 Å². The lowest BCUT2D eigenvalue weighted by molar-refractivity contribution is -0.393. The van der Waals surface area contributed by atoms with Crippen molar-refractivity contribution in [1.82, 2.24) is 4.90 Å². The third kappa shape index (κ3) is 3.66. The van der Waals surface area contributed by atoms with Gasteiger partial charge in [-0.3, -0.25) is 25.1 Å². The number of nitrogens with zero attached hydrogens (tertiary/aromatic N) is 3. The fraction of sp³-hybridized carbons (Fsp3) is 0.538. The summed E-state index contributed by atoms with van der Waals surface area (Å²) >= 11 is 0. The van der Waals surface area contributed by atoms with Gasteiger partial charge >= 0.3 is 0 Å². The van der Waals surface area contributed by atoms with Crippen molar-refractivity contribution in [3.8, 4) is 0 Å². The van der Waals surface area contributed by atoms with E-state index in [9.17, 15) is 20.2 Å². The SMILES string of the molecule is CC(CNc1ccc([N+](=O)[O-])cc1[N+](=O)[O-])N1CCCC1. The Morgan fingerprint density at radius 2 is 1.90 bits per heavy atom. The van der Waals surface area contributed by atoms with Gasteiger partial charge in [-0.05, 0) is 38.9 Å². The summed E-state index contributed by atoms with van der Waals surface area (Å²) in [5.41, 5.74) is -0.227.